The first-order chi connectivity index (χ1) is 9.61. The second kappa shape index (κ2) is 6.16. The molecular formula is C13H14N2O5. The molecule has 0 fully saturated rings. The fourth-order valence-corrected chi connectivity index (χ4v) is 1.77. The molecule has 7 nitrogen and oxygen atoms in total. The largest absolute Gasteiger partial charge is 0.480 e. The first-order valence-electron chi connectivity index (χ1n) is 6.04. The lowest BCUT2D eigenvalue weighted by atomic mass is 10.0. The van der Waals surface area contributed by atoms with Crippen LogP contribution in [0.25, 0.3) is 0 Å². The van der Waals surface area contributed by atoms with Gasteiger partial charge in [0.15, 0.2) is 0 Å². The Morgan fingerprint density at radius 2 is 2.10 bits per heavy atom. The van der Waals surface area contributed by atoms with Gasteiger partial charge in [0.2, 0.25) is 6.10 Å². The number of aliphatic hydroxyl groups is 1. The van der Waals surface area contributed by atoms with Crippen LogP contribution in [-0.4, -0.2) is 46.6 Å². The fourth-order valence-electron chi connectivity index (χ4n) is 1.77. The zero-order valence-corrected chi connectivity index (χ0v) is 10.5. The van der Waals surface area contributed by atoms with Crippen molar-refractivity contribution in [3.05, 3.63) is 35.9 Å². The number of hydrogen-bond acceptors (Lipinski definition) is 5. The van der Waals surface area contributed by atoms with E-state index in [1.54, 1.807) is 0 Å². The van der Waals surface area contributed by atoms with Gasteiger partial charge in [-0.3, -0.25) is 4.79 Å². The Morgan fingerprint density at radius 3 is 2.70 bits per heavy atom. The van der Waals surface area contributed by atoms with Crippen LogP contribution in [0.5, 0.6) is 0 Å². The molecule has 106 valence electrons. The summed E-state index contributed by atoms with van der Waals surface area (Å²) in [7, 11) is 0. The summed E-state index contributed by atoms with van der Waals surface area (Å²) >= 11 is 0. The van der Waals surface area contributed by atoms with E-state index in [1.807, 2.05) is 30.3 Å². The molecule has 3 N–H and O–H groups in total. The van der Waals surface area contributed by atoms with Gasteiger partial charge in [-0.05, 0) is 5.56 Å². The summed E-state index contributed by atoms with van der Waals surface area (Å²) < 4.78 is 0. The molecular weight excluding hydrogens is 264 g/mol. The molecule has 1 aliphatic rings. The predicted octanol–water partition coefficient (Wildman–Crippen LogP) is -0.259. The van der Waals surface area contributed by atoms with E-state index in [-0.39, 0.29) is 6.42 Å². The molecule has 0 aliphatic carbocycles. The van der Waals surface area contributed by atoms with E-state index in [1.165, 1.54) is 0 Å². The summed E-state index contributed by atoms with van der Waals surface area (Å²) in [6.45, 7) is -0.680. The number of carboxylic acid groups (broad SMARTS) is 1. The van der Waals surface area contributed by atoms with E-state index in [0.29, 0.717) is 5.71 Å². The average Bonchev–Trinajstić information content (AvgIpc) is 2.95. The van der Waals surface area contributed by atoms with Crippen LogP contribution in [0.4, 0.5) is 0 Å². The van der Waals surface area contributed by atoms with Crippen LogP contribution in [0.1, 0.15) is 12.0 Å². The number of benzene rings is 1. The third kappa shape index (κ3) is 3.12. The molecule has 0 saturated carbocycles. The van der Waals surface area contributed by atoms with Crippen LogP contribution in [0, 0.1) is 0 Å². The average molecular weight is 278 g/mol. The number of rotatable bonds is 5. The van der Waals surface area contributed by atoms with Gasteiger partial charge in [0.1, 0.15) is 6.04 Å². The number of nitrogens with zero attached hydrogens (tertiary/aromatic N) is 1. The summed E-state index contributed by atoms with van der Waals surface area (Å²) in [5.74, 6) is -1.91. The van der Waals surface area contributed by atoms with E-state index < -0.39 is 30.6 Å². The molecule has 0 bridgehead atoms. The first-order valence-corrected chi connectivity index (χ1v) is 6.04. The molecule has 0 spiro atoms. The van der Waals surface area contributed by atoms with Crippen molar-refractivity contribution in [2.24, 2.45) is 5.16 Å². The highest BCUT2D eigenvalue weighted by Gasteiger charge is 2.31. The van der Waals surface area contributed by atoms with Crippen LogP contribution < -0.4 is 5.32 Å². The highest BCUT2D eigenvalue weighted by Crippen LogP contribution is 2.16. The quantitative estimate of drug-likeness (QED) is 0.687. The number of aliphatic hydroxyl groups excluding tert-OH is 1. The van der Waals surface area contributed by atoms with Gasteiger partial charge in [0.05, 0.1) is 12.3 Å². The molecule has 7 heteroatoms. The highest BCUT2D eigenvalue weighted by molar-refractivity contribution is 6.04. The molecule has 20 heavy (non-hydrogen) atoms. The number of carbonyl (C=O) groups is 2. The summed E-state index contributed by atoms with van der Waals surface area (Å²) in [5, 5.41) is 23.6. The third-order valence-electron chi connectivity index (χ3n) is 2.87. The van der Waals surface area contributed by atoms with Crippen LogP contribution >= 0.6 is 0 Å². The van der Waals surface area contributed by atoms with Crippen molar-refractivity contribution in [1.82, 2.24) is 5.32 Å². The number of carbonyl (C=O) groups excluding carboxylic acids is 1. The zero-order valence-electron chi connectivity index (χ0n) is 10.5. The maximum absolute atomic E-state index is 11.8. The number of nitrogens with one attached hydrogen (secondary N) is 1. The minimum Gasteiger partial charge on any atom is -0.480 e. The van der Waals surface area contributed by atoms with E-state index in [0.717, 1.165) is 5.56 Å². The number of oxime groups is 1. The minimum atomic E-state index is -1.34. The van der Waals surface area contributed by atoms with Gasteiger partial charge in [-0.1, -0.05) is 35.5 Å². The zero-order chi connectivity index (χ0) is 14.5. The number of aliphatic carboxylic acids is 1. The molecule has 1 aromatic rings. The summed E-state index contributed by atoms with van der Waals surface area (Å²) in [6, 6.07) is 7.90. The second-order valence-electron chi connectivity index (χ2n) is 4.28. The SMILES string of the molecule is O=C(O)C(CO)NC(=O)C1CC(c2ccccc2)=NO1. The Labute approximate surface area is 114 Å². The predicted molar refractivity (Wildman–Crippen MR) is 69.1 cm³/mol. The van der Waals surface area contributed by atoms with Gasteiger partial charge in [0.25, 0.3) is 5.91 Å². The van der Waals surface area contributed by atoms with Gasteiger partial charge in [-0.25, -0.2) is 4.79 Å². The summed E-state index contributed by atoms with van der Waals surface area (Å²) in [5.41, 5.74) is 1.47. The fraction of sp³-hybridized carbons (Fsp3) is 0.308. The Hall–Kier alpha value is -2.41. The Kier molecular flexibility index (Phi) is 4.31. The normalized spacial score (nSPS) is 18.9. The molecule has 0 saturated heterocycles. The van der Waals surface area contributed by atoms with Crippen molar-refractivity contribution in [2.45, 2.75) is 18.6 Å². The maximum atomic E-state index is 11.8. The lowest BCUT2D eigenvalue weighted by molar-refractivity contribution is -0.145. The smallest absolute Gasteiger partial charge is 0.328 e. The molecule has 2 rings (SSSR count). The van der Waals surface area contributed by atoms with Crippen molar-refractivity contribution in [3.63, 3.8) is 0 Å². The lowest BCUT2D eigenvalue weighted by Gasteiger charge is -2.14. The summed E-state index contributed by atoms with van der Waals surface area (Å²) in [4.78, 5) is 27.5. The number of amides is 1. The molecule has 0 radical (unpaired) electrons. The second-order valence-corrected chi connectivity index (χ2v) is 4.28. The van der Waals surface area contributed by atoms with E-state index in [2.05, 4.69) is 10.5 Å². The van der Waals surface area contributed by atoms with Crippen molar-refractivity contribution in [2.75, 3.05) is 6.61 Å². The molecule has 2 unspecified atom stereocenters. The number of carboxylic acids is 1. The van der Waals surface area contributed by atoms with E-state index >= 15 is 0 Å². The Morgan fingerprint density at radius 1 is 1.40 bits per heavy atom. The summed E-state index contributed by atoms with van der Waals surface area (Å²) in [6.07, 6.45) is -0.619. The van der Waals surface area contributed by atoms with E-state index in [4.69, 9.17) is 15.1 Å². The van der Waals surface area contributed by atoms with Crippen molar-refractivity contribution in [3.8, 4) is 0 Å². The van der Waals surface area contributed by atoms with Gasteiger partial charge < -0.3 is 20.4 Å². The number of hydrogen-bond donors (Lipinski definition) is 3. The van der Waals surface area contributed by atoms with Gasteiger partial charge in [-0.2, -0.15) is 0 Å². The maximum Gasteiger partial charge on any atom is 0.328 e. The van der Waals surface area contributed by atoms with E-state index in [9.17, 15) is 9.59 Å². The topological polar surface area (TPSA) is 108 Å². The highest BCUT2D eigenvalue weighted by atomic mass is 16.6. The molecule has 2 atom stereocenters. The van der Waals surface area contributed by atoms with Crippen molar-refractivity contribution < 1.29 is 24.6 Å². The van der Waals surface area contributed by atoms with Crippen molar-refractivity contribution in [1.29, 1.82) is 0 Å². The monoisotopic (exact) mass is 278 g/mol. The Bertz CT molecular complexity index is 529. The lowest BCUT2D eigenvalue weighted by Crippen LogP contribution is -2.47. The van der Waals surface area contributed by atoms with Crippen molar-refractivity contribution >= 4 is 17.6 Å². The molecule has 1 aromatic carbocycles. The van der Waals surface area contributed by atoms with Crippen LogP contribution in [0.15, 0.2) is 35.5 Å². The molecule has 1 heterocycles. The van der Waals surface area contributed by atoms with Crippen LogP contribution in [0.3, 0.4) is 0 Å². The third-order valence-corrected chi connectivity index (χ3v) is 2.87. The Balaban J connectivity index is 1.94. The van der Waals surface area contributed by atoms with Gasteiger partial charge in [0, 0.05) is 6.42 Å². The van der Waals surface area contributed by atoms with Crippen LogP contribution in [0.2, 0.25) is 0 Å². The van der Waals surface area contributed by atoms with Crippen LogP contribution in [-0.2, 0) is 14.4 Å². The minimum absolute atomic E-state index is 0.258. The first kappa shape index (κ1) is 14.0. The standard InChI is InChI=1S/C13H14N2O5/c16-7-10(13(18)19)14-12(17)11-6-9(15-20-11)8-4-2-1-3-5-8/h1-5,10-11,16H,6-7H2,(H,14,17)(H,18,19). The van der Waals surface area contributed by atoms with Gasteiger partial charge >= 0.3 is 5.97 Å². The molecule has 0 aromatic heterocycles. The van der Waals surface area contributed by atoms with Gasteiger partial charge in [-0.15, -0.1) is 0 Å². The molecule has 1 aliphatic heterocycles. The molecule has 1 amide bonds.